The number of rotatable bonds is 8. The predicted octanol–water partition coefficient (Wildman–Crippen LogP) is 2.10. The van der Waals surface area contributed by atoms with E-state index in [0.717, 1.165) is 43.7 Å². The fourth-order valence-corrected chi connectivity index (χ4v) is 4.55. The van der Waals surface area contributed by atoms with Crippen LogP contribution in [0.1, 0.15) is 54.4 Å². The summed E-state index contributed by atoms with van der Waals surface area (Å²) in [6.45, 7) is 3.15. The molecule has 8 nitrogen and oxygen atoms in total. The maximum Gasteiger partial charge on any atom is 0.259 e. The molecule has 2 aliphatic heterocycles. The number of hydrogen-bond donors (Lipinski definition) is 5. The molecule has 1 aromatic carbocycles. The molecule has 1 aliphatic carbocycles. The topological polar surface area (TPSA) is 102 Å². The molecule has 1 saturated carbocycles. The van der Waals surface area contributed by atoms with E-state index in [9.17, 15) is 4.79 Å². The molecule has 0 bridgehead atoms. The van der Waals surface area contributed by atoms with Crippen molar-refractivity contribution in [2.45, 2.75) is 51.0 Å². The Morgan fingerprint density at radius 1 is 1.23 bits per heavy atom. The first-order chi connectivity index (χ1) is 15.2. The van der Waals surface area contributed by atoms with E-state index < -0.39 is 0 Å². The number of benzene rings is 1. The number of hydrogen-bond acceptors (Lipinski definition) is 7. The lowest BCUT2D eigenvalue weighted by molar-refractivity contribution is 0.0823. The van der Waals surface area contributed by atoms with Crippen molar-refractivity contribution in [3.05, 3.63) is 41.6 Å². The molecule has 31 heavy (non-hydrogen) atoms. The van der Waals surface area contributed by atoms with Crippen LogP contribution in [-0.4, -0.2) is 48.9 Å². The molecule has 0 aromatic heterocycles. The van der Waals surface area contributed by atoms with Gasteiger partial charge in [-0.25, -0.2) is 5.43 Å². The monoisotopic (exact) mass is 426 g/mol. The third kappa shape index (κ3) is 5.84. The van der Waals surface area contributed by atoms with Gasteiger partial charge in [0.15, 0.2) is 0 Å². The van der Waals surface area contributed by atoms with Gasteiger partial charge in [0, 0.05) is 30.8 Å². The summed E-state index contributed by atoms with van der Waals surface area (Å²) in [6.07, 6.45) is 11.1. The van der Waals surface area contributed by atoms with Gasteiger partial charge in [-0.05, 0) is 74.5 Å². The lowest BCUT2D eigenvalue weighted by Gasteiger charge is -2.29. The number of nitrogens with one attached hydrogen (secondary N) is 5. The number of piperidine rings is 1. The number of carbonyl (C=O) groups is 1. The number of carbonyl (C=O) groups excluding carboxylic acids is 1. The van der Waals surface area contributed by atoms with E-state index in [0.29, 0.717) is 30.7 Å². The minimum Gasteiger partial charge on any atom is -0.493 e. The quantitative estimate of drug-likeness (QED) is 0.189. The molecule has 1 saturated heterocycles. The predicted molar refractivity (Wildman–Crippen MR) is 121 cm³/mol. The molecule has 8 heteroatoms. The Balaban J connectivity index is 1.39. The Hall–Kier alpha value is -2.42. The SMILES string of the molecule is N=C(/C=C\NNNC1CCCC1)N(CC1CCNCC1)C(=O)c1ccc2c(c1)CCO2. The summed E-state index contributed by atoms with van der Waals surface area (Å²) in [4.78, 5) is 15.0. The van der Waals surface area contributed by atoms with E-state index in [1.165, 1.54) is 25.7 Å². The maximum absolute atomic E-state index is 13.4. The van der Waals surface area contributed by atoms with Gasteiger partial charge in [-0.15, -0.1) is 0 Å². The average Bonchev–Trinajstić information content (AvgIpc) is 3.48. The van der Waals surface area contributed by atoms with Crippen molar-refractivity contribution in [3.63, 3.8) is 0 Å². The Morgan fingerprint density at radius 2 is 2.03 bits per heavy atom. The van der Waals surface area contributed by atoms with Crippen molar-refractivity contribution in [2.75, 3.05) is 26.2 Å². The zero-order valence-corrected chi connectivity index (χ0v) is 18.1. The second kappa shape index (κ2) is 10.7. The van der Waals surface area contributed by atoms with Gasteiger partial charge < -0.3 is 15.5 Å². The fraction of sp³-hybridized carbons (Fsp3) is 0.565. The number of fused-ring (bicyclic) bond motifs is 1. The molecule has 168 valence electrons. The first-order valence-electron chi connectivity index (χ1n) is 11.5. The summed E-state index contributed by atoms with van der Waals surface area (Å²) in [5, 5.41) is 12.0. The van der Waals surface area contributed by atoms with E-state index in [2.05, 4.69) is 21.7 Å². The van der Waals surface area contributed by atoms with E-state index in [1.54, 1.807) is 17.2 Å². The van der Waals surface area contributed by atoms with Crippen LogP contribution < -0.4 is 26.4 Å². The van der Waals surface area contributed by atoms with Gasteiger partial charge in [0.1, 0.15) is 11.6 Å². The Bertz CT molecular complexity index is 799. The van der Waals surface area contributed by atoms with Gasteiger partial charge in [0.25, 0.3) is 5.91 Å². The molecule has 4 rings (SSSR count). The van der Waals surface area contributed by atoms with E-state index >= 15 is 0 Å². The van der Waals surface area contributed by atoms with Crippen LogP contribution in [0.25, 0.3) is 0 Å². The van der Waals surface area contributed by atoms with Gasteiger partial charge in [-0.1, -0.05) is 12.8 Å². The molecule has 5 N–H and O–H groups in total. The van der Waals surface area contributed by atoms with Gasteiger partial charge in [-0.2, -0.15) is 5.53 Å². The van der Waals surface area contributed by atoms with Crippen molar-refractivity contribution in [3.8, 4) is 5.75 Å². The summed E-state index contributed by atoms with van der Waals surface area (Å²) in [5.41, 5.74) is 10.9. The molecule has 0 spiro atoms. The normalized spacial score (nSPS) is 19.4. The lowest BCUT2D eigenvalue weighted by atomic mass is 9.97. The molecule has 1 amide bonds. The number of hydrazine groups is 2. The second-order valence-electron chi connectivity index (χ2n) is 8.64. The summed E-state index contributed by atoms with van der Waals surface area (Å²) < 4.78 is 5.57. The Morgan fingerprint density at radius 3 is 2.84 bits per heavy atom. The zero-order chi connectivity index (χ0) is 21.5. The highest BCUT2D eigenvalue weighted by molar-refractivity contribution is 6.09. The van der Waals surface area contributed by atoms with Crippen LogP contribution in [0, 0.1) is 11.3 Å². The number of ether oxygens (including phenoxy) is 1. The molecule has 1 aromatic rings. The summed E-state index contributed by atoms with van der Waals surface area (Å²) in [6, 6.07) is 6.09. The van der Waals surface area contributed by atoms with Gasteiger partial charge >= 0.3 is 0 Å². The van der Waals surface area contributed by atoms with Gasteiger partial charge in [0.05, 0.1) is 6.61 Å². The molecule has 3 aliphatic rings. The fourth-order valence-electron chi connectivity index (χ4n) is 4.55. The Labute approximate surface area is 184 Å². The molecule has 2 fully saturated rings. The highest BCUT2D eigenvalue weighted by atomic mass is 16.5. The standard InChI is InChI=1S/C23H34N6O2/c24-22(9-13-26-28-27-20-3-1-2-4-20)29(16-17-7-11-25-12-8-17)23(30)19-5-6-21-18(15-19)10-14-31-21/h5-6,9,13,15,17,20,24-28H,1-4,7-8,10-12,14,16H2/b13-9-,24-22?. The van der Waals surface area contributed by atoms with E-state index in [1.807, 2.05) is 18.2 Å². The van der Waals surface area contributed by atoms with Crippen molar-refractivity contribution in [1.82, 2.24) is 26.6 Å². The second-order valence-corrected chi connectivity index (χ2v) is 8.64. The summed E-state index contributed by atoms with van der Waals surface area (Å²) >= 11 is 0. The van der Waals surface area contributed by atoms with Gasteiger partial charge in [-0.3, -0.25) is 15.1 Å². The van der Waals surface area contributed by atoms with Gasteiger partial charge in [0.2, 0.25) is 0 Å². The molecule has 0 atom stereocenters. The molecule has 0 unspecified atom stereocenters. The smallest absolute Gasteiger partial charge is 0.259 e. The number of nitrogens with zero attached hydrogens (tertiary/aromatic N) is 1. The number of amidine groups is 1. The highest BCUT2D eigenvalue weighted by Gasteiger charge is 2.25. The summed E-state index contributed by atoms with van der Waals surface area (Å²) in [5.74, 6) is 1.32. The lowest BCUT2D eigenvalue weighted by Crippen LogP contribution is -2.46. The zero-order valence-electron chi connectivity index (χ0n) is 18.1. The van der Waals surface area contributed by atoms with Crippen LogP contribution in [0.5, 0.6) is 5.75 Å². The minimum atomic E-state index is -0.125. The van der Waals surface area contributed by atoms with Crippen LogP contribution in [0.2, 0.25) is 0 Å². The van der Waals surface area contributed by atoms with Crippen LogP contribution >= 0.6 is 0 Å². The molecular weight excluding hydrogens is 392 g/mol. The van der Waals surface area contributed by atoms with Crippen molar-refractivity contribution in [2.24, 2.45) is 5.92 Å². The third-order valence-electron chi connectivity index (χ3n) is 6.40. The number of amides is 1. The average molecular weight is 427 g/mol. The van der Waals surface area contributed by atoms with Crippen LogP contribution in [0.4, 0.5) is 0 Å². The first kappa shape index (κ1) is 21.8. The Kier molecular flexibility index (Phi) is 7.56. The van der Waals surface area contributed by atoms with Crippen molar-refractivity contribution < 1.29 is 9.53 Å². The maximum atomic E-state index is 13.4. The highest BCUT2D eigenvalue weighted by Crippen LogP contribution is 2.27. The summed E-state index contributed by atoms with van der Waals surface area (Å²) in [7, 11) is 0. The van der Waals surface area contributed by atoms with E-state index in [-0.39, 0.29) is 11.7 Å². The van der Waals surface area contributed by atoms with Crippen molar-refractivity contribution in [1.29, 1.82) is 5.41 Å². The largest absolute Gasteiger partial charge is 0.493 e. The first-order valence-corrected chi connectivity index (χ1v) is 11.5. The molecular formula is C23H34N6O2. The van der Waals surface area contributed by atoms with E-state index in [4.69, 9.17) is 10.1 Å². The third-order valence-corrected chi connectivity index (χ3v) is 6.40. The van der Waals surface area contributed by atoms with Crippen LogP contribution in [-0.2, 0) is 6.42 Å². The van der Waals surface area contributed by atoms with Crippen LogP contribution in [0.15, 0.2) is 30.5 Å². The molecule has 2 heterocycles. The van der Waals surface area contributed by atoms with Crippen molar-refractivity contribution >= 4 is 11.7 Å². The van der Waals surface area contributed by atoms with Crippen LogP contribution in [0.3, 0.4) is 0 Å². The minimum absolute atomic E-state index is 0.125. The molecule has 0 radical (unpaired) electrons.